The van der Waals surface area contributed by atoms with Crippen LogP contribution in [-0.2, 0) is 17.9 Å². The first-order chi connectivity index (χ1) is 14.3. The molecule has 0 spiro atoms. The van der Waals surface area contributed by atoms with Crippen LogP contribution < -0.4 is 10.1 Å². The molecule has 1 atom stereocenters. The molecule has 1 amide bonds. The minimum Gasteiger partial charge on any atom is -0.486 e. The van der Waals surface area contributed by atoms with E-state index < -0.39 is 0 Å². The topological polar surface area (TPSA) is 59.4 Å². The maximum atomic E-state index is 13.3. The van der Waals surface area contributed by atoms with Crippen LogP contribution in [0, 0.1) is 0 Å². The van der Waals surface area contributed by atoms with E-state index in [2.05, 4.69) is 12.2 Å². The van der Waals surface area contributed by atoms with Gasteiger partial charge in [0.15, 0.2) is 0 Å². The molecule has 4 rings (SSSR count). The zero-order chi connectivity index (χ0) is 20.1. The first-order valence-electron chi connectivity index (χ1n) is 10.4. The summed E-state index contributed by atoms with van der Waals surface area (Å²) in [5.74, 6) is 1.70. The molecular formula is C23H30Cl2N4O2. The average Bonchev–Trinajstić information content (AvgIpc) is 3.40. The molecule has 1 fully saturated rings. The molecule has 2 aromatic carbocycles. The van der Waals surface area contributed by atoms with Gasteiger partial charge in [-0.1, -0.05) is 37.3 Å². The second-order valence-electron chi connectivity index (χ2n) is 7.44. The lowest BCUT2D eigenvalue weighted by Crippen LogP contribution is -2.43. The first kappa shape index (κ1) is 25.0. The van der Waals surface area contributed by atoms with Gasteiger partial charge >= 0.3 is 0 Å². The van der Waals surface area contributed by atoms with Crippen LogP contribution >= 0.6 is 24.8 Å². The molecule has 1 saturated heterocycles. The Hall–Kier alpha value is -2.28. The smallest absolute Gasteiger partial charge is 0.242 e. The van der Waals surface area contributed by atoms with Crippen LogP contribution in [0.3, 0.4) is 0 Å². The molecule has 1 aliphatic heterocycles. The second-order valence-corrected chi connectivity index (χ2v) is 7.44. The summed E-state index contributed by atoms with van der Waals surface area (Å²) in [5.41, 5.74) is 1.85. The van der Waals surface area contributed by atoms with Crippen LogP contribution in [-0.4, -0.2) is 46.0 Å². The quantitative estimate of drug-likeness (QED) is 0.545. The molecule has 31 heavy (non-hydrogen) atoms. The third kappa shape index (κ3) is 5.91. The molecule has 8 heteroatoms. The summed E-state index contributed by atoms with van der Waals surface area (Å²) < 4.78 is 7.94. The number of ether oxygens (including phenoxy) is 1. The number of hydrogen-bond acceptors (Lipinski definition) is 4. The Kier molecular flexibility index (Phi) is 9.62. The molecule has 1 unspecified atom stereocenters. The lowest BCUT2D eigenvalue weighted by Gasteiger charge is -2.28. The Balaban J connectivity index is 0.00000171. The molecular weight excluding hydrogens is 435 g/mol. The van der Waals surface area contributed by atoms with Crippen LogP contribution in [0.1, 0.15) is 25.6 Å². The number of aromatic nitrogens is 2. The van der Waals surface area contributed by atoms with Gasteiger partial charge in [-0.2, -0.15) is 0 Å². The van der Waals surface area contributed by atoms with Crippen molar-refractivity contribution in [2.45, 2.75) is 39.0 Å². The van der Waals surface area contributed by atoms with Crippen molar-refractivity contribution in [1.29, 1.82) is 0 Å². The molecule has 1 N–H and O–H groups in total. The van der Waals surface area contributed by atoms with Crippen LogP contribution in [0.4, 0.5) is 0 Å². The number of carbonyl (C=O) groups is 1. The molecule has 6 nitrogen and oxygen atoms in total. The van der Waals surface area contributed by atoms with Crippen molar-refractivity contribution in [3.8, 4) is 5.75 Å². The van der Waals surface area contributed by atoms with Gasteiger partial charge in [0.1, 0.15) is 24.7 Å². The summed E-state index contributed by atoms with van der Waals surface area (Å²) in [6.07, 6.45) is 1.97. The number of nitrogens with one attached hydrogen (secondary N) is 1. The lowest BCUT2D eigenvalue weighted by atomic mass is 10.2. The number of fused-ring (bicyclic) bond motifs is 1. The Labute approximate surface area is 195 Å². The number of benzene rings is 2. The SMILES string of the molecule is CCCN(C(=O)Cn1c(COc2ccccc2)nc2ccccc21)C1CCNC1.Cl.Cl. The molecule has 1 aliphatic rings. The molecule has 0 bridgehead atoms. The van der Waals surface area contributed by atoms with E-state index in [0.29, 0.717) is 6.61 Å². The van der Waals surface area contributed by atoms with Gasteiger partial charge < -0.3 is 19.5 Å². The van der Waals surface area contributed by atoms with E-state index in [1.807, 2.05) is 64.1 Å². The summed E-state index contributed by atoms with van der Waals surface area (Å²) in [6.45, 7) is 5.36. The number of amides is 1. The van der Waals surface area contributed by atoms with Gasteiger partial charge in [-0.15, -0.1) is 24.8 Å². The van der Waals surface area contributed by atoms with E-state index in [4.69, 9.17) is 9.72 Å². The van der Waals surface area contributed by atoms with Crippen LogP contribution in [0.15, 0.2) is 54.6 Å². The van der Waals surface area contributed by atoms with Crippen LogP contribution in [0.5, 0.6) is 5.75 Å². The van der Waals surface area contributed by atoms with Gasteiger partial charge in [0.25, 0.3) is 0 Å². The second kappa shape index (κ2) is 11.9. The third-order valence-corrected chi connectivity index (χ3v) is 5.40. The van der Waals surface area contributed by atoms with Gasteiger partial charge in [0.05, 0.1) is 11.0 Å². The van der Waals surface area contributed by atoms with Gasteiger partial charge in [0, 0.05) is 19.1 Å². The largest absolute Gasteiger partial charge is 0.486 e. The fourth-order valence-electron chi connectivity index (χ4n) is 3.96. The fourth-order valence-corrected chi connectivity index (χ4v) is 3.96. The van der Waals surface area contributed by atoms with Crippen molar-refractivity contribution in [3.05, 3.63) is 60.4 Å². The maximum absolute atomic E-state index is 13.3. The Bertz CT molecular complexity index is 959. The summed E-state index contributed by atoms with van der Waals surface area (Å²) in [5, 5.41) is 3.37. The lowest BCUT2D eigenvalue weighted by molar-refractivity contribution is -0.133. The highest BCUT2D eigenvalue weighted by Crippen LogP contribution is 2.20. The monoisotopic (exact) mass is 464 g/mol. The number of rotatable bonds is 8. The van der Waals surface area contributed by atoms with Crippen LogP contribution in [0.25, 0.3) is 11.0 Å². The van der Waals surface area contributed by atoms with E-state index >= 15 is 0 Å². The average molecular weight is 465 g/mol. The predicted molar refractivity (Wildman–Crippen MR) is 128 cm³/mol. The number of hydrogen-bond donors (Lipinski definition) is 1. The molecule has 0 saturated carbocycles. The molecule has 2 heterocycles. The van der Waals surface area contributed by atoms with E-state index in [1.165, 1.54) is 0 Å². The molecule has 168 valence electrons. The zero-order valence-electron chi connectivity index (χ0n) is 17.7. The van der Waals surface area contributed by atoms with E-state index in [1.54, 1.807) is 0 Å². The van der Waals surface area contributed by atoms with E-state index in [9.17, 15) is 4.79 Å². The van der Waals surface area contributed by atoms with Crippen molar-refractivity contribution in [2.75, 3.05) is 19.6 Å². The molecule has 0 aliphatic carbocycles. The standard InChI is InChI=1S/C23H28N4O2.2ClH/c1-2-14-26(18-12-13-24-15-18)23(28)16-27-21-11-7-6-10-20(21)25-22(27)17-29-19-8-4-3-5-9-19;;/h3-11,18,24H,2,12-17H2,1H3;2*1H. The van der Waals surface area contributed by atoms with Crippen molar-refractivity contribution in [3.63, 3.8) is 0 Å². The molecule has 1 aromatic heterocycles. The van der Waals surface area contributed by atoms with Crippen molar-refractivity contribution >= 4 is 41.8 Å². The number of halogens is 2. The zero-order valence-corrected chi connectivity index (χ0v) is 19.3. The number of imidazole rings is 1. The minimum atomic E-state index is 0. The maximum Gasteiger partial charge on any atom is 0.242 e. The van der Waals surface area contributed by atoms with Gasteiger partial charge in [0.2, 0.25) is 5.91 Å². The highest BCUT2D eigenvalue weighted by molar-refractivity contribution is 5.85. The Morgan fingerprint density at radius 1 is 1.16 bits per heavy atom. The fraction of sp³-hybridized carbons (Fsp3) is 0.391. The van der Waals surface area contributed by atoms with Gasteiger partial charge in [-0.05, 0) is 43.7 Å². The van der Waals surface area contributed by atoms with Crippen molar-refractivity contribution in [2.24, 2.45) is 0 Å². The van der Waals surface area contributed by atoms with Gasteiger partial charge in [-0.3, -0.25) is 4.79 Å². The third-order valence-electron chi connectivity index (χ3n) is 5.40. The van der Waals surface area contributed by atoms with Crippen LogP contribution in [0.2, 0.25) is 0 Å². The first-order valence-corrected chi connectivity index (χ1v) is 10.4. The Morgan fingerprint density at radius 3 is 2.61 bits per heavy atom. The summed E-state index contributed by atoms with van der Waals surface area (Å²) in [7, 11) is 0. The van der Waals surface area contributed by atoms with E-state index in [-0.39, 0.29) is 43.3 Å². The van der Waals surface area contributed by atoms with Crippen molar-refractivity contribution in [1.82, 2.24) is 19.8 Å². The number of para-hydroxylation sites is 3. The predicted octanol–water partition coefficient (Wildman–Crippen LogP) is 4.06. The number of nitrogens with zero attached hydrogens (tertiary/aromatic N) is 3. The normalized spacial score (nSPS) is 15.2. The summed E-state index contributed by atoms with van der Waals surface area (Å²) in [4.78, 5) is 20.0. The highest BCUT2D eigenvalue weighted by atomic mass is 35.5. The molecule has 3 aromatic rings. The number of carbonyl (C=O) groups excluding carboxylic acids is 1. The van der Waals surface area contributed by atoms with Crippen molar-refractivity contribution < 1.29 is 9.53 Å². The van der Waals surface area contributed by atoms with Gasteiger partial charge in [-0.25, -0.2) is 4.98 Å². The Morgan fingerprint density at radius 2 is 1.90 bits per heavy atom. The summed E-state index contributed by atoms with van der Waals surface area (Å²) in [6, 6.07) is 17.9. The highest BCUT2D eigenvalue weighted by Gasteiger charge is 2.27. The minimum absolute atomic E-state index is 0. The summed E-state index contributed by atoms with van der Waals surface area (Å²) >= 11 is 0. The molecule has 0 radical (unpaired) electrons. The van der Waals surface area contributed by atoms with E-state index in [0.717, 1.165) is 55.1 Å².